The topological polar surface area (TPSA) is 78.7 Å². The Labute approximate surface area is 103 Å². The highest BCUT2D eigenvalue weighted by Crippen LogP contribution is 2.19. The standard InChI is InChI=1S/C11H14FN5O/c1-6-7(2)16(3)15-11(6)17-9(4-12)8(5-14-17)10(13)18/h5H,4H2,1-3H3,(H2,13,18). The summed E-state index contributed by atoms with van der Waals surface area (Å²) in [5, 5.41) is 8.25. The van der Waals surface area contributed by atoms with E-state index in [-0.39, 0.29) is 11.3 Å². The van der Waals surface area contributed by atoms with E-state index in [2.05, 4.69) is 10.2 Å². The van der Waals surface area contributed by atoms with Gasteiger partial charge in [0.05, 0.1) is 17.5 Å². The van der Waals surface area contributed by atoms with Gasteiger partial charge in [0.2, 0.25) is 0 Å². The van der Waals surface area contributed by atoms with E-state index in [1.165, 1.54) is 10.9 Å². The van der Waals surface area contributed by atoms with Gasteiger partial charge in [-0.3, -0.25) is 9.48 Å². The smallest absolute Gasteiger partial charge is 0.252 e. The van der Waals surface area contributed by atoms with Crippen molar-refractivity contribution in [3.63, 3.8) is 0 Å². The molecule has 0 bridgehead atoms. The third-order valence-corrected chi connectivity index (χ3v) is 3.07. The molecule has 96 valence electrons. The zero-order valence-corrected chi connectivity index (χ0v) is 10.4. The predicted octanol–water partition coefficient (Wildman–Crippen LogP) is 0.791. The van der Waals surface area contributed by atoms with E-state index < -0.39 is 12.6 Å². The van der Waals surface area contributed by atoms with E-state index in [9.17, 15) is 9.18 Å². The average Bonchev–Trinajstić information content (AvgIpc) is 2.86. The fourth-order valence-corrected chi connectivity index (χ4v) is 1.79. The molecule has 0 radical (unpaired) electrons. The highest BCUT2D eigenvalue weighted by molar-refractivity contribution is 5.93. The number of primary amides is 1. The Bertz CT molecular complexity index is 613. The van der Waals surface area contributed by atoms with Crippen molar-refractivity contribution >= 4 is 5.91 Å². The van der Waals surface area contributed by atoms with Gasteiger partial charge in [0.1, 0.15) is 6.67 Å². The number of halogens is 1. The predicted molar refractivity (Wildman–Crippen MR) is 63.1 cm³/mol. The Kier molecular flexibility index (Phi) is 2.90. The number of hydrogen-bond donors (Lipinski definition) is 1. The van der Waals surface area contributed by atoms with Crippen LogP contribution in [0.1, 0.15) is 27.3 Å². The van der Waals surface area contributed by atoms with Crippen molar-refractivity contribution < 1.29 is 9.18 Å². The number of aryl methyl sites for hydroxylation is 1. The molecule has 0 fully saturated rings. The highest BCUT2D eigenvalue weighted by Gasteiger charge is 2.20. The fourth-order valence-electron chi connectivity index (χ4n) is 1.79. The van der Waals surface area contributed by atoms with E-state index in [1.807, 2.05) is 13.8 Å². The molecule has 0 saturated heterocycles. The summed E-state index contributed by atoms with van der Waals surface area (Å²) in [6.45, 7) is 2.94. The van der Waals surface area contributed by atoms with Gasteiger partial charge in [-0.2, -0.15) is 10.2 Å². The van der Waals surface area contributed by atoms with Crippen molar-refractivity contribution in [1.29, 1.82) is 0 Å². The van der Waals surface area contributed by atoms with E-state index in [0.29, 0.717) is 5.82 Å². The van der Waals surface area contributed by atoms with Crippen molar-refractivity contribution in [2.75, 3.05) is 0 Å². The number of rotatable bonds is 3. The molecule has 0 atom stereocenters. The highest BCUT2D eigenvalue weighted by atomic mass is 19.1. The maximum Gasteiger partial charge on any atom is 0.252 e. The number of nitrogens with two attached hydrogens (primary N) is 1. The van der Waals surface area contributed by atoms with Crippen LogP contribution in [0.5, 0.6) is 0 Å². The molecule has 0 unspecified atom stereocenters. The molecule has 6 nitrogen and oxygen atoms in total. The molecule has 2 aromatic heterocycles. The molecular weight excluding hydrogens is 237 g/mol. The van der Waals surface area contributed by atoms with Gasteiger partial charge in [-0.1, -0.05) is 0 Å². The molecule has 18 heavy (non-hydrogen) atoms. The first kappa shape index (κ1) is 12.3. The number of amides is 1. The van der Waals surface area contributed by atoms with E-state index in [1.54, 1.807) is 11.7 Å². The van der Waals surface area contributed by atoms with Gasteiger partial charge in [-0.05, 0) is 13.8 Å². The fraction of sp³-hybridized carbons (Fsp3) is 0.364. The minimum Gasteiger partial charge on any atom is -0.365 e. The number of alkyl halides is 1. The van der Waals surface area contributed by atoms with E-state index >= 15 is 0 Å². The Morgan fingerprint density at radius 1 is 1.50 bits per heavy atom. The molecule has 0 saturated carbocycles. The first-order valence-electron chi connectivity index (χ1n) is 5.40. The van der Waals surface area contributed by atoms with Crippen molar-refractivity contribution in [2.45, 2.75) is 20.5 Å². The SMILES string of the molecule is Cc1c(-n2ncc(C(N)=O)c2CF)nn(C)c1C. The average molecular weight is 251 g/mol. The number of carbonyl (C=O) groups is 1. The number of nitrogens with zero attached hydrogens (tertiary/aromatic N) is 4. The lowest BCUT2D eigenvalue weighted by Crippen LogP contribution is -2.14. The second-order valence-electron chi connectivity index (χ2n) is 4.07. The van der Waals surface area contributed by atoms with Gasteiger partial charge in [0.25, 0.3) is 5.91 Å². The Balaban J connectivity index is 2.64. The number of aromatic nitrogens is 4. The Morgan fingerprint density at radius 2 is 2.17 bits per heavy atom. The maximum atomic E-state index is 13.1. The normalized spacial score (nSPS) is 10.9. The molecule has 7 heteroatoms. The molecule has 0 aliphatic rings. The van der Waals surface area contributed by atoms with Crippen molar-refractivity contribution in [1.82, 2.24) is 19.6 Å². The molecule has 0 aliphatic carbocycles. The minimum absolute atomic E-state index is 0.0835. The first-order valence-corrected chi connectivity index (χ1v) is 5.40. The number of carbonyl (C=O) groups excluding carboxylic acids is 1. The number of hydrogen-bond acceptors (Lipinski definition) is 3. The largest absolute Gasteiger partial charge is 0.365 e. The summed E-state index contributed by atoms with van der Waals surface area (Å²) >= 11 is 0. The van der Waals surface area contributed by atoms with Crippen LogP contribution in [0.4, 0.5) is 4.39 Å². The third-order valence-electron chi connectivity index (χ3n) is 3.07. The Hall–Kier alpha value is -2.18. The summed E-state index contributed by atoms with van der Waals surface area (Å²) in [6, 6.07) is 0. The summed E-state index contributed by atoms with van der Waals surface area (Å²) in [5.41, 5.74) is 7.21. The zero-order valence-electron chi connectivity index (χ0n) is 10.4. The monoisotopic (exact) mass is 251 g/mol. The summed E-state index contributed by atoms with van der Waals surface area (Å²) in [4.78, 5) is 11.2. The Morgan fingerprint density at radius 3 is 2.61 bits per heavy atom. The van der Waals surface area contributed by atoms with Crippen LogP contribution in [0, 0.1) is 13.8 Å². The molecule has 2 N–H and O–H groups in total. The van der Waals surface area contributed by atoms with Gasteiger partial charge >= 0.3 is 0 Å². The van der Waals surface area contributed by atoms with Gasteiger partial charge in [-0.15, -0.1) is 0 Å². The molecular formula is C11H14FN5O. The quantitative estimate of drug-likeness (QED) is 0.876. The second kappa shape index (κ2) is 4.25. The third kappa shape index (κ3) is 1.68. The van der Waals surface area contributed by atoms with Crippen LogP contribution < -0.4 is 5.73 Å². The lowest BCUT2D eigenvalue weighted by molar-refractivity contribution is 0.0998. The van der Waals surface area contributed by atoms with Gasteiger partial charge in [-0.25, -0.2) is 9.07 Å². The van der Waals surface area contributed by atoms with Gasteiger partial charge < -0.3 is 5.73 Å². The van der Waals surface area contributed by atoms with Gasteiger partial charge in [0, 0.05) is 18.3 Å². The molecule has 2 rings (SSSR count). The van der Waals surface area contributed by atoms with E-state index in [0.717, 1.165) is 11.3 Å². The lowest BCUT2D eigenvalue weighted by atomic mass is 10.2. The summed E-state index contributed by atoms with van der Waals surface area (Å²) in [7, 11) is 1.79. The molecule has 2 heterocycles. The van der Waals surface area contributed by atoms with Crippen molar-refractivity contribution in [3.05, 3.63) is 28.7 Å². The summed E-state index contributed by atoms with van der Waals surface area (Å²) in [5.74, 6) is -0.186. The molecule has 0 spiro atoms. The summed E-state index contributed by atoms with van der Waals surface area (Å²) < 4.78 is 16.1. The molecule has 2 aromatic rings. The van der Waals surface area contributed by atoms with Crippen LogP contribution >= 0.6 is 0 Å². The molecule has 0 aromatic carbocycles. The van der Waals surface area contributed by atoms with Crippen LogP contribution in [0.3, 0.4) is 0 Å². The molecule has 1 amide bonds. The van der Waals surface area contributed by atoms with E-state index in [4.69, 9.17) is 5.73 Å². The maximum absolute atomic E-state index is 13.1. The van der Waals surface area contributed by atoms with Crippen LogP contribution in [-0.2, 0) is 13.7 Å². The van der Waals surface area contributed by atoms with Crippen molar-refractivity contribution in [2.24, 2.45) is 12.8 Å². The van der Waals surface area contributed by atoms with Gasteiger partial charge in [0.15, 0.2) is 5.82 Å². The van der Waals surface area contributed by atoms with Crippen LogP contribution in [-0.4, -0.2) is 25.5 Å². The second-order valence-corrected chi connectivity index (χ2v) is 4.07. The van der Waals surface area contributed by atoms with Crippen LogP contribution in [0.2, 0.25) is 0 Å². The van der Waals surface area contributed by atoms with Crippen LogP contribution in [0.25, 0.3) is 5.82 Å². The van der Waals surface area contributed by atoms with Crippen LogP contribution in [0.15, 0.2) is 6.20 Å². The summed E-state index contributed by atoms with van der Waals surface area (Å²) in [6.07, 6.45) is 1.26. The first-order chi connectivity index (χ1) is 8.47. The lowest BCUT2D eigenvalue weighted by Gasteiger charge is -2.03. The molecule has 0 aliphatic heterocycles. The minimum atomic E-state index is -0.826. The van der Waals surface area contributed by atoms with Crippen molar-refractivity contribution in [3.8, 4) is 5.82 Å². The zero-order chi connectivity index (χ0) is 13.4.